The van der Waals surface area contributed by atoms with Gasteiger partial charge in [-0.1, -0.05) is 12.0 Å². The van der Waals surface area contributed by atoms with Crippen molar-refractivity contribution < 1.29 is 40.9 Å². The Balaban J connectivity index is 1.39. The number of hydrogen-bond donors (Lipinski definition) is 1. The van der Waals surface area contributed by atoms with Crippen LogP contribution in [-0.4, -0.2) is 88.8 Å². The van der Waals surface area contributed by atoms with Crippen LogP contribution in [0.2, 0.25) is 0 Å². The Kier molecular flexibility index (Phi) is 7.79. The van der Waals surface area contributed by atoms with Gasteiger partial charge in [-0.2, -0.15) is 23.1 Å². The Morgan fingerprint density at radius 3 is 2.77 bits per heavy atom. The fourth-order valence-corrected chi connectivity index (χ4v) is 7.12. The number of aromatic hydroxyl groups is 1. The van der Waals surface area contributed by atoms with E-state index in [0.29, 0.717) is 18.4 Å². The maximum atomic E-state index is 16.7. The molecule has 0 aliphatic carbocycles. The smallest absolute Gasteiger partial charge is 0.395 e. The van der Waals surface area contributed by atoms with Crippen molar-refractivity contribution in [1.29, 1.82) is 0 Å². The van der Waals surface area contributed by atoms with Gasteiger partial charge in [-0.05, 0) is 43.0 Å². The second-order valence-corrected chi connectivity index (χ2v) is 12.3. The van der Waals surface area contributed by atoms with Crippen LogP contribution >= 0.6 is 0 Å². The second-order valence-electron chi connectivity index (χ2n) is 12.3. The molecule has 1 N–H and O–H groups in total. The second kappa shape index (κ2) is 11.7. The van der Waals surface area contributed by atoms with Crippen molar-refractivity contribution in [3.8, 4) is 35.4 Å². The van der Waals surface area contributed by atoms with Crippen LogP contribution in [0.25, 0.3) is 32.9 Å². The number of hydrogen-bond acceptors (Lipinski definition) is 8. The first-order chi connectivity index (χ1) is 22.5. The number of aromatic nitrogens is 3. The van der Waals surface area contributed by atoms with Gasteiger partial charge in [-0.25, -0.2) is 13.2 Å². The fourth-order valence-electron chi connectivity index (χ4n) is 7.12. The van der Waals surface area contributed by atoms with Crippen LogP contribution in [0.5, 0.6) is 11.8 Å². The minimum Gasteiger partial charge on any atom is -0.508 e. The number of phenolic OH excluding ortho intramolecular Hbond substituents is 1. The van der Waals surface area contributed by atoms with E-state index in [1.54, 1.807) is 0 Å². The monoisotopic (exact) mass is 657 g/mol. The minimum atomic E-state index is -4.57. The van der Waals surface area contributed by atoms with Gasteiger partial charge in [-0.3, -0.25) is 9.88 Å². The molecule has 2 aromatic heterocycles. The van der Waals surface area contributed by atoms with Crippen LogP contribution in [0, 0.1) is 29.9 Å². The van der Waals surface area contributed by atoms with Crippen LogP contribution in [0.1, 0.15) is 24.8 Å². The van der Waals surface area contributed by atoms with Gasteiger partial charge in [0, 0.05) is 43.2 Å². The van der Waals surface area contributed by atoms with Crippen molar-refractivity contribution in [1.82, 2.24) is 19.9 Å². The zero-order valence-corrected chi connectivity index (χ0v) is 25.0. The zero-order valence-electron chi connectivity index (χ0n) is 25.0. The standard InChI is InChI=1S/C33H29F6N5O3/c1-2-22-25(35)5-4-18-10-21(45)11-23(26(18)22)28-27(36)29-24(13-40-28)30(43-8-9-46-16-19(14-43)33(37,38)39)42-31(41-29)47-17-32-6-3-7-44(32)15-20(34)12-32/h1,4-5,10-11,13,19-20,45H,3,6-9,12,14-17H2/t19?,20-,32+/m1/s1. The van der Waals surface area contributed by atoms with E-state index in [1.807, 2.05) is 4.90 Å². The van der Waals surface area contributed by atoms with Gasteiger partial charge in [-0.15, -0.1) is 6.42 Å². The quantitative estimate of drug-likeness (QED) is 0.214. The predicted molar refractivity (Wildman–Crippen MR) is 161 cm³/mol. The zero-order chi connectivity index (χ0) is 33.1. The number of fused-ring (bicyclic) bond motifs is 3. The molecular weight excluding hydrogens is 628 g/mol. The van der Waals surface area contributed by atoms with E-state index in [-0.39, 0.29) is 83.4 Å². The lowest BCUT2D eigenvalue weighted by Gasteiger charge is -2.31. The van der Waals surface area contributed by atoms with E-state index in [1.165, 1.54) is 29.3 Å². The number of phenols is 1. The first-order valence-electron chi connectivity index (χ1n) is 15.2. The molecule has 3 fully saturated rings. The van der Waals surface area contributed by atoms with Gasteiger partial charge < -0.3 is 19.5 Å². The van der Waals surface area contributed by atoms with E-state index in [0.717, 1.165) is 12.5 Å². The van der Waals surface area contributed by atoms with E-state index >= 15 is 4.39 Å². The van der Waals surface area contributed by atoms with E-state index in [9.17, 15) is 27.1 Å². The highest BCUT2D eigenvalue weighted by Crippen LogP contribution is 2.42. The van der Waals surface area contributed by atoms with Crippen molar-refractivity contribution in [2.45, 2.75) is 37.1 Å². The number of anilines is 1. The molecule has 0 spiro atoms. The average Bonchev–Trinajstić information content (AvgIpc) is 3.42. The van der Waals surface area contributed by atoms with Crippen molar-refractivity contribution in [2.24, 2.45) is 5.92 Å². The molecule has 2 aromatic carbocycles. The highest BCUT2D eigenvalue weighted by molar-refractivity contribution is 6.03. The van der Waals surface area contributed by atoms with E-state index in [2.05, 4.69) is 20.9 Å². The highest BCUT2D eigenvalue weighted by atomic mass is 19.4. The molecule has 8 nitrogen and oxygen atoms in total. The topological polar surface area (TPSA) is 83.8 Å². The predicted octanol–water partition coefficient (Wildman–Crippen LogP) is 5.78. The van der Waals surface area contributed by atoms with Crippen LogP contribution in [0.15, 0.2) is 30.5 Å². The Labute approximate surface area is 265 Å². The molecule has 4 aromatic rings. The lowest BCUT2D eigenvalue weighted by atomic mass is 9.95. The molecule has 3 saturated heterocycles. The molecule has 14 heteroatoms. The highest BCUT2D eigenvalue weighted by Gasteiger charge is 2.49. The molecule has 3 aliphatic heterocycles. The Bertz CT molecular complexity index is 1920. The summed E-state index contributed by atoms with van der Waals surface area (Å²) in [6, 6.07) is 4.75. The number of ether oxygens (including phenoxy) is 2. The van der Waals surface area contributed by atoms with Crippen molar-refractivity contribution in [3.05, 3.63) is 47.7 Å². The third kappa shape index (κ3) is 5.55. The molecule has 0 radical (unpaired) electrons. The summed E-state index contributed by atoms with van der Waals surface area (Å²) >= 11 is 0. The molecular formula is C33H29F6N5O3. The van der Waals surface area contributed by atoms with Crippen LogP contribution in [0.4, 0.5) is 32.2 Å². The summed E-state index contributed by atoms with van der Waals surface area (Å²) in [6.07, 6.45) is 2.97. The molecule has 1 unspecified atom stereocenters. The summed E-state index contributed by atoms with van der Waals surface area (Å²) in [5.41, 5.74) is -1.45. The van der Waals surface area contributed by atoms with Gasteiger partial charge >= 0.3 is 12.2 Å². The van der Waals surface area contributed by atoms with Crippen LogP contribution < -0.4 is 9.64 Å². The van der Waals surface area contributed by atoms with E-state index < -0.39 is 48.6 Å². The Morgan fingerprint density at radius 1 is 1.15 bits per heavy atom. The summed E-state index contributed by atoms with van der Waals surface area (Å²) in [4.78, 5) is 16.4. The number of halogens is 6. The van der Waals surface area contributed by atoms with Gasteiger partial charge in [0.1, 0.15) is 41.4 Å². The molecule has 246 valence electrons. The van der Waals surface area contributed by atoms with Crippen molar-refractivity contribution in [3.63, 3.8) is 0 Å². The third-order valence-electron chi connectivity index (χ3n) is 9.35. The Morgan fingerprint density at radius 2 is 1.98 bits per heavy atom. The first-order valence-corrected chi connectivity index (χ1v) is 15.2. The van der Waals surface area contributed by atoms with Gasteiger partial charge in [0.05, 0.1) is 35.6 Å². The Hall–Kier alpha value is -4.35. The van der Waals surface area contributed by atoms with Gasteiger partial charge in [0.25, 0.3) is 0 Å². The molecule has 5 heterocycles. The summed E-state index contributed by atoms with van der Waals surface area (Å²) < 4.78 is 98.8. The number of alkyl halides is 4. The average molecular weight is 658 g/mol. The van der Waals surface area contributed by atoms with E-state index in [4.69, 9.17) is 15.9 Å². The number of terminal acetylenes is 1. The summed E-state index contributed by atoms with van der Waals surface area (Å²) in [5.74, 6) is -1.63. The molecule has 7 rings (SSSR count). The molecule has 0 saturated carbocycles. The SMILES string of the molecule is C#Cc1c(F)ccc2cc(O)cc(-c3ncc4c(N5CCOCC(C(F)(F)F)C5)nc(OC[C@@]56CCCN5C[C@H](F)C6)nc4c3F)c12. The van der Waals surface area contributed by atoms with Crippen LogP contribution in [0.3, 0.4) is 0 Å². The number of rotatable bonds is 5. The molecule has 0 amide bonds. The van der Waals surface area contributed by atoms with Crippen molar-refractivity contribution in [2.75, 3.05) is 50.9 Å². The van der Waals surface area contributed by atoms with Crippen LogP contribution in [-0.2, 0) is 4.74 Å². The molecule has 3 aliphatic rings. The number of nitrogens with zero attached hydrogens (tertiary/aromatic N) is 5. The largest absolute Gasteiger partial charge is 0.508 e. The number of benzene rings is 2. The normalized spacial score (nSPS) is 23.6. The first kappa shape index (κ1) is 31.3. The summed E-state index contributed by atoms with van der Waals surface area (Å²) in [7, 11) is 0. The maximum Gasteiger partial charge on any atom is 0.395 e. The minimum absolute atomic E-state index is 0.000387. The lowest BCUT2D eigenvalue weighted by molar-refractivity contribution is -0.182. The molecule has 0 bridgehead atoms. The molecule has 47 heavy (non-hydrogen) atoms. The maximum absolute atomic E-state index is 16.7. The van der Waals surface area contributed by atoms with Gasteiger partial charge in [0.15, 0.2) is 5.82 Å². The van der Waals surface area contributed by atoms with Gasteiger partial charge in [0.2, 0.25) is 0 Å². The fraction of sp³-hybridized carbons (Fsp3) is 0.424. The molecule has 3 atom stereocenters. The number of pyridine rings is 1. The lowest BCUT2D eigenvalue weighted by Crippen LogP contribution is -2.43. The summed E-state index contributed by atoms with van der Waals surface area (Å²) in [5, 5.41) is 10.9. The third-order valence-corrected chi connectivity index (χ3v) is 9.35. The van der Waals surface area contributed by atoms with Crippen molar-refractivity contribution >= 4 is 27.5 Å². The summed E-state index contributed by atoms with van der Waals surface area (Å²) in [6.45, 7) is -0.164.